The zero-order chi connectivity index (χ0) is 35.1. The van der Waals surface area contributed by atoms with Crippen molar-refractivity contribution in [3.05, 3.63) is 60.0 Å². The van der Waals surface area contributed by atoms with Gasteiger partial charge in [-0.2, -0.15) is 0 Å². The van der Waals surface area contributed by atoms with Gasteiger partial charge >= 0.3 is 17.8 Å². The molecule has 0 aliphatic carbocycles. The van der Waals surface area contributed by atoms with Crippen LogP contribution >= 0.6 is 27.3 Å². The van der Waals surface area contributed by atoms with E-state index in [-0.39, 0.29) is 18.7 Å². The summed E-state index contributed by atoms with van der Waals surface area (Å²) < 4.78 is 26.9. The van der Waals surface area contributed by atoms with Crippen molar-refractivity contribution in [2.24, 2.45) is 0 Å². The number of nitrogens with zero attached hydrogens (tertiary/aromatic N) is 3. The molecule has 2 aromatic heterocycles. The maximum Gasteiger partial charge on any atom is 0.410 e. The van der Waals surface area contributed by atoms with Gasteiger partial charge in [-0.15, -0.1) is 11.3 Å². The second kappa shape index (κ2) is 13.8. The normalized spacial score (nSPS) is 15.5. The summed E-state index contributed by atoms with van der Waals surface area (Å²) in [5.41, 5.74) is -2.88. The molecule has 1 fully saturated rings. The summed E-state index contributed by atoms with van der Waals surface area (Å²) in [6.45, 7) is 16.5. The van der Waals surface area contributed by atoms with Crippen molar-refractivity contribution in [2.75, 3.05) is 20.2 Å². The first kappa shape index (κ1) is 36.7. The van der Waals surface area contributed by atoms with E-state index < -0.39 is 40.1 Å². The number of hydrogen-bond acceptors (Lipinski definition) is 9. The summed E-state index contributed by atoms with van der Waals surface area (Å²) in [6.07, 6.45) is -0.161. The maximum absolute atomic E-state index is 14.5. The number of para-hydroxylation sites is 1. The van der Waals surface area contributed by atoms with Gasteiger partial charge in [-0.05, 0) is 103 Å². The molecule has 1 aromatic carbocycles. The summed E-state index contributed by atoms with van der Waals surface area (Å²) in [5.74, 6) is -0.116. The third-order valence-electron chi connectivity index (χ3n) is 7.90. The minimum absolute atomic E-state index is 0.0268. The van der Waals surface area contributed by atoms with Crippen molar-refractivity contribution >= 4 is 49.5 Å². The van der Waals surface area contributed by atoms with Crippen molar-refractivity contribution in [3.63, 3.8) is 0 Å². The highest BCUT2D eigenvalue weighted by molar-refractivity contribution is 9.11. The van der Waals surface area contributed by atoms with Crippen LogP contribution in [0.3, 0.4) is 0 Å². The number of likely N-dealkylation sites (tertiary alicyclic amines) is 1. The van der Waals surface area contributed by atoms with E-state index in [4.69, 9.17) is 18.9 Å². The van der Waals surface area contributed by atoms with Crippen LogP contribution in [-0.4, -0.2) is 63.6 Å². The number of fused-ring (bicyclic) bond motifs is 1. The Morgan fingerprint density at radius 3 is 2.15 bits per heavy atom. The third kappa shape index (κ3) is 8.11. The molecule has 1 amide bonds. The van der Waals surface area contributed by atoms with Crippen molar-refractivity contribution in [1.82, 2.24) is 14.0 Å². The van der Waals surface area contributed by atoms with Crippen LogP contribution in [-0.2, 0) is 31.1 Å². The molecule has 0 radical (unpaired) electrons. The molecule has 11 nitrogen and oxygen atoms in total. The van der Waals surface area contributed by atoms with Crippen LogP contribution in [0, 0.1) is 6.92 Å². The first-order chi connectivity index (χ1) is 21.7. The zero-order valence-corrected chi connectivity index (χ0v) is 31.3. The summed E-state index contributed by atoms with van der Waals surface area (Å²) in [6, 6.07) is 7.44. The molecule has 1 aliphatic heterocycles. The monoisotopic (exact) mass is 735 g/mol. The van der Waals surface area contributed by atoms with Crippen LogP contribution in [0.25, 0.3) is 10.2 Å². The van der Waals surface area contributed by atoms with E-state index in [1.807, 2.05) is 45.0 Å². The highest BCUT2D eigenvalue weighted by Crippen LogP contribution is 2.36. The highest BCUT2D eigenvalue weighted by Gasteiger charge is 2.39. The summed E-state index contributed by atoms with van der Waals surface area (Å²) in [7, 11) is 1.57. The number of hydrogen-bond donors (Lipinski definition) is 0. The lowest BCUT2D eigenvalue weighted by molar-refractivity contribution is -0.164. The molecule has 47 heavy (non-hydrogen) atoms. The van der Waals surface area contributed by atoms with Gasteiger partial charge in [0.1, 0.15) is 33.4 Å². The van der Waals surface area contributed by atoms with Gasteiger partial charge in [-0.1, -0.05) is 18.2 Å². The van der Waals surface area contributed by atoms with Crippen molar-refractivity contribution in [3.8, 4) is 5.75 Å². The lowest BCUT2D eigenvalue weighted by Gasteiger charge is -2.35. The molecule has 258 valence electrons. The van der Waals surface area contributed by atoms with E-state index in [1.54, 1.807) is 39.7 Å². The SMILES string of the molecule is COc1ccccc1C(Cn1c(=O)n(C(C)(C)C(=O)OC(C)(C)C)c(=O)c2c(C)c(Br)sc21)OC1CCN(C(=O)OC(C)(C)C)CC1. The van der Waals surface area contributed by atoms with Crippen LogP contribution in [0.15, 0.2) is 37.6 Å². The van der Waals surface area contributed by atoms with E-state index in [1.165, 1.54) is 29.8 Å². The van der Waals surface area contributed by atoms with Gasteiger partial charge in [0.2, 0.25) is 0 Å². The minimum Gasteiger partial charge on any atom is -0.496 e. The Kier molecular flexibility index (Phi) is 10.7. The lowest BCUT2D eigenvalue weighted by Crippen LogP contribution is -2.54. The Bertz CT molecular complexity index is 1750. The molecule has 4 rings (SSSR count). The highest BCUT2D eigenvalue weighted by atomic mass is 79.9. The van der Waals surface area contributed by atoms with Crippen LogP contribution < -0.4 is 16.0 Å². The molecule has 0 spiro atoms. The number of benzene rings is 1. The number of amides is 1. The van der Waals surface area contributed by atoms with Crippen LogP contribution in [0.2, 0.25) is 0 Å². The quantitative estimate of drug-likeness (QED) is 0.240. The average molecular weight is 737 g/mol. The first-order valence-electron chi connectivity index (χ1n) is 15.7. The van der Waals surface area contributed by atoms with E-state index in [0.717, 1.165) is 10.1 Å². The molecule has 0 N–H and O–H groups in total. The van der Waals surface area contributed by atoms with Crippen LogP contribution in [0.5, 0.6) is 5.75 Å². The number of methoxy groups -OCH3 is 1. The summed E-state index contributed by atoms with van der Waals surface area (Å²) in [4.78, 5) is 56.8. The number of aryl methyl sites for hydroxylation is 1. The Balaban J connectivity index is 1.79. The maximum atomic E-state index is 14.5. The Labute approximate surface area is 287 Å². The predicted molar refractivity (Wildman–Crippen MR) is 186 cm³/mol. The number of piperidine rings is 1. The number of aromatic nitrogens is 2. The molecule has 1 aliphatic rings. The topological polar surface area (TPSA) is 118 Å². The zero-order valence-electron chi connectivity index (χ0n) is 28.9. The van der Waals surface area contributed by atoms with E-state index in [0.29, 0.717) is 51.2 Å². The second-order valence-corrected chi connectivity index (χ2v) is 16.6. The van der Waals surface area contributed by atoms with Gasteiger partial charge in [0.25, 0.3) is 5.56 Å². The number of esters is 1. The van der Waals surface area contributed by atoms with Gasteiger partial charge in [0.05, 0.1) is 28.9 Å². The number of ether oxygens (including phenoxy) is 4. The molecule has 13 heteroatoms. The van der Waals surface area contributed by atoms with Gasteiger partial charge < -0.3 is 23.8 Å². The van der Waals surface area contributed by atoms with Crippen molar-refractivity contribution in [2.45, 2.75) is 111 Å². The molecular weight excluding hydrogens is 690 g/mol. The first-order valence-corrected chi connectivity index (χ1v) is 17.3. The fraction of sp³-hybridized carbons (Fsp3) is 0.588. The number of carbonyl (C=O) groups is 2. The largest absolute Gasteiger partial charge is 0.496 e. The van der Waals surface area contributed by atoms with Crippen molar-refractivity contribution in [1.29, 1.82) is 0 Å². The summed E-state index contributed by atoms with van der Waals surface area (Å²) >= 11 is 4.84. The smallest absolute Gasteiger partial charge is 0.410 e. The van der Waals surface area contributed by atoms with Gasteiger partial charge in [0, 0.05) is 18.7 Å². The fourth-order valence-electron chi connectivity index (χ4n) is 5.51. The minimum atomic E-state index is -1.62. The number of carbonyl (C=O) groups excluding carboxylic acids is 2. The number of halogens is 1. The molecule has 3 aromatic rings. The second-order valence-electron chi connectivity index (χ2n) is 14.3. The van der Waals surface area contributed by atoms with Crippen molar-refractivity contribution < 1.29 is 28.5 Å². The third-order valence-corrected chi connectivity index (χ3v) is 10.1. The molecule has 0 bridgehead atoms. The molecule has 0 saturated carbocycles. The lowest BCUT2D eigenvalue weighted by atomic mass is 10.0. The summed E-state index contributed by atoms with van der Waals surface area (Å²) in [5, 5.41) is 0.336. The molecule has 1 atom stereocenters. The van der Waals surface area contributed by atoms with Gasteiger partial charge in [0.15, 0.2) is 0 Å². The Hall–Kier alpha value is -3.16. The van der Waals surface area contributed by atoms with Gasteiger partial charge in [-0.25, -0.2) is 19.0 Å². The average Bonchev–Trinajstić information content (AvgIpc) is 3.26. The molecular formula is C34H46BrN3O8S. The predicted octanol–water partition coefficient (Wildman–Crippen LogP) is 6.54. The Morgan fingerprint density at radius 1 is 0.979 bits per heavy atom. The molecule has 1 saturated heterocycles. The Morgan fingerprint density at radius 2 is 1.57 bits per heavy atom. The number of rotatable bonds is 8. The van der Waals surface area contributed by atoms with E-state index in [9.17, 15) is 19.2 Å². The number of thiophene rings is 1. The van der Waals surface area contributed by atoms with Crippen LogP contribution in [0.1, 0.15) is 85.5 Å². The van der Waals surface area contributed by atoms with E-state index >= 15 is 0 Å². The van der Waals surface area contributed by atoms with Crippen LogP contribution in [0.4, 0.5) is 4.79 Å². The fourth-order valence-corrected chi connectivity index (χ4v) is 7.20. The molecule has 1 unspecified atom stereocenters. The van der Waals surface area contributed by atoms with E-state index in [2.05, 4.69) is 15.9 Å². The van der Waals surface area contributed by atoms with Gasteiger partial charge in [-0.3, -0.25) is 9.36 Å². The standard InChI is InChI=1S/C34H46BrN3O8S/c1-20-25-27(39)38(34(8,9)29(40)45-32(2,3)4)30(41)37(28(25)47-26(20)35)19-24(22-13-11-12-14-23(22)43-10)44-21-15-17-36(18-16-21)31(42)46-33(5,6)7/h11-14,21,24H,15-19H2,1-10H3. The molecule has 3 heterocycles.